The van der Waals surface area contributed by atoms with Crippen molar-refractivity contribution in [2.45, 2.75) is 65.3 Å². The van der Waals surface area contributed by atoms with E-state index in [1.807, 2.05) is 0 Å². The number of hydrogen-bond acceptors (Lipinski definition) is 3. The molecule has 1 heterocycles. The van der Waals surface area contributed by atoms with Crippen molar-refractivity contribution in [3.63, 3.8) is 0 Å². The number of hydrogen-bond donors (Lipinski definition) is 1. The van der Waals surface area contributed by atoms with Gasteiger partial charge in [0.25, 0.3) is 0 Å². The number of aliphatic hydroxyl groups is 1. The molecule has 0 amide bonds. The van der Waals surface area contributed by atoms with Gasteiger partial charge >= 0.3 is 0 Å². The Morgan fingerprint density at radius 1 is 1.18 bits per heavy atom. The summed E-state index contributed by atoms with van der Waals surface area (Å²) >= 11 is 0. The Kier molecular flexibility index (Phi) is 7.09. The summed E-state index contributed by atoms with van der Waals surface area (Å²) in [6.45, 7) is 7.57. The molecule has 4 atom stereocenters. The maximum Gasteiger partial charge on any atom is 0.157 e. The van der Waals surface area contributed by atoms with Crippen molar-refractivity contribution in [2.24, 2.45) is 11.8 Å². The minimum atomic E-state index is 0.0150. The van der Waals surface area contributed by atoms with Crippen LogP contribution in [-0.4, -0.2) is 30.7 Å². The van der Waals surface area contributed by atoms with Crippen LogP contribution in [0.2, 0.25) is 0 Å². The molecule has 1 saturated heterocycles. The van der Waals surface area contributed by atoms with Crippen LogP contribution in [0.4, 0.5) is 0 Å². The normalized spacial score (nSPS) is 26.5. The van der Waals surface area contributed by atoms with Gasteiger partial charge in [-0.15, -0.1) is 0 Å². The first kappa shape index (κ1) is 14.9. The maximum absolute atomic E-state index is 9.03. The monoisotopic (exact) mass is 244 g/mol. The van der Waals surface area contributed by atoms with E-state index in [-0.39, 0.29) is 19.0 Å². The molecular weight excluding hydrogens is 216 g/mol. The van der Waals surface area contributed by atoms with Crippen molar-refractivity contribution in [2.75, 3.05) is 13.2 Å². The van der Waals surface area contributed by atoms with E-state index in [0.29, 0.717) is 11.8 Å². The lowest BCUT2D eigenvalue weighted by Crippen LogP contribution is -2.27. The zero-order valence-electron chi connectivity index (χ0n) is 11.5. The average molecular weight is 244 g/mol. The lowest BCUT2D eigenvalue weighted by Gasteiger charge is -2.27. The fourth-order valence-electron chi connectivity index (χ4n) is 2.56. The van der Waals surface area contributed by atoms with E-state index >= 15 is 0 Å². The molecule has 0 aliphatic carbocycles. The van der Waals surface area contributed by atoms with Gasteiger partial charge in [-0.1, -0.05) is 13.8 Å². The van der Waals surface area contributed by atoms with Crippen molar-refractivity contribution in [1.82, 2.24) is 0 Å². The topological polar surface area (TPSA) is 38.7 Å². The second-order valence-corrected chi connectivity index (χ2v) is 5.61. The summed E-state index contributed by atoms with van der Waals surface area (Å²) < 4.78 is 11.5. The van der Waals surface area contributed by atoms with E-state index in [4.69, 9.17) is 14.6 Å². The molecule has 17 heavy (non-hydrogen) atoms. The Bertz CT molecular complexity index is 190. The molecule has 102 valence electrons. The Morgan fingerprint density at radius 3 is 2.53 bits per heavy atom. The molecule has 0 aromatic carbocycles. The predicted molar refractivity (Wildman–Crippen MR) is 68.8 cm³/mol. The van der Waals surface area contributed by atoms with Gasteiger partial charge in [0.15, 0.2) is 6.29 Å². The van der Waals surface area contributed by atoms with Gasteiger partial charge in [0.05, 0.1) is 6.10 Å². The van der Waals surface area contributed by atoms with Gasteiger partial charge in [-0.05, 0) is 50.9 Å². The van der Waals surface area contributed by atoms with Crippen LogP contribution in [0.3, 0.4) is 0 Å². The zero-order chi connectivity index (χ0) is 12.7. The SMILES string of the molecule is C[C@@H](CO)C[C@H](C)C[C@H](C)OC1CCCCO1. The van der Waals surface area contributed by atoms with E-state index in [1.54, 1.807) is 0 Å². The average Bonchev–Trinajstić information content (AvgIpc) is 2.29. The van der Waals surface area contributed by atoms with Gasteiger partial charge in [-0.3, -0.25) is 0 Å². The minimum Gasteiger partial charge on any atom is -0.396 e. The Hall–Kier alpha value is -0.120. The fourth-order valence-corrected chi connectivity index (χ4v) is 2.56. The molecule has 0 aromatic rings. The van der Waals surface area contributed by atoms with Crippen LogP contribution in [0.15, 0.2) is 0 Å². The molecule has 1 aliphatic heterocycles. The Morgan fingerprint density at radius 2 is 1.94 bits per heavy atom. The highest BCUT2D eigenvalue weighted by molar-refractivity contribution is 4.64. The molecule has 0 aromatic heterocycles. The van der Waals surface area contributed by atoms with Crippen LogP contribution in [0.1, 0.15) is 52.9 Å². The van der Waals surface area contributed by atoms with Gasteiger partial charge < -0.3 is 14.6 Å². The second kappa shape index (κ2) is 8.06. The van der Waals surface area contributed by atoms with Gasteiger partial charge in [-0.25, -0.2) is 0 Å². The van der Waals surface area contributed by atoms with Crippen molar-refractivity contribution in [1.29, 1.82) is 0 Å². The summed E-state index contributed by atoms with van der Waals surface area (Å²) in [6, 6.07) is 0. The lowest BCUT2D eigenvalue weighted by molar-refractivity contribution is -0.187. The van der Waals surface area contributed by atoms with Crippen LogP contribution in [0.25, 0.3) is 0 Å². The van der Waals surface area contributed by atoms with E-state index in [1.165, 1.54) is 12.8 Å². The molecular formula is C14H28O3. The molecule has 1 rings (SSSR count). The highest BCUT2D eigenvalue weighted by Gasteiger charge is 2.19. The van der Waals surface area contributed by atoms with E-state index in [9.17, 15) is 0 Å². The first-order valence-corrected chi connectivity index (χ1v) is 6.99. The van der Waals surface area contributed by atoms with Gasteiger partial charge in [0.2, 0.25) is 0 Å². The molecule has 1 unspecified atom stereocenters. The molecule has 0 saturated carbocycles. The van der Waals surface area contributed by atoms with Crippen molar-refractivity contribution in [3.8, 4) is 0 Å². The molecule has 0 spiro atoms. The van der Waals surface area contributed by atoms with Gasteiger partial charge in [0.1, 0.15) is 0 Å². The molecule has 1 fully saturated rings. The summed E-state index contributed by atoms with van der Waals surface area (Å²) in [5.41, 5.74) is 0. The van der Waals surface area contributed by atoms with Crippen LogP contribution in [0.5, 0.6) is 0 Å². The quantitative estimate of drug-likeness (QED) is 0.748. The summed E-state index contributed by atoms with van der Waals surface area (Å²) in [6.07, 6.45) is 5.79. The summed E-state index contributed by atoms with van der Waals surface area (Å²) in [5, 5.41) is 9.03. The third kappa shape index (κ3) is 6.39. The Labute approximate surface area is 105 Å². The van der Waals surface area contributed by atoms with Crippen molar-refractivity contribution >= 4 is 0 Å². The van der Waals surface area contributed by atoms with Crippen LogP contribution in [0, 0.1) is 11.8 Å². The maximum atomic E-state index is 9.03. The highest BCUT2D eigenvalue weighted by atomic mass is 16.7. The predicted octanol–water partition coefficient (Wildman–Crippen LogP) is 2.96. The lowest BCUT2D eigenvalue weighted by atomic mass is 9.93. The third-order valence-electron chi connectivity index (χ3n) is 3.37. The Balaban J connectivity index is 2.16. The molecule has 3 heteroatoms. The summed E-state index contributed by atoms with van der Waals surface area (Å²) in [4.78, 5) is 0. The first-order valence-electron chi connectivity index (χ1n) is 6.99. The second-order valence-electron chi connectivity index (χ2n) is 5.61. The number of ether oxygens (including phenoxy) is 2. The number of rotatable bonds is 7. The van der Waals surface area contributed by atoms with Gasteiger partial charge in [-0.2, -0.15) is 0 Å². The number of aliphatic hydroxyl groups excluding tert-OH is 1. The highest BCUT2D eigenvalue weighted by Crippen LogP contribution is 2.21. The summed E-state index contributed by atoms with van der Waals surface area (Å²) in [5.74, 6) is 0.985. The van der Waals surface area contributed by atoms with E-state index < -0.39 is 0 Å². The standard InChI is InChI=1S/C14H28O3/c1-11(8-12(2)10-15)9-13(3)17-14-6-4-5-7-16-14/h11-15H,4-10H2,1-3H3/t11-,12+,13-,14?/m0/s1. The van der Waals surface area contributed by atoms with Crippen LogP contribution in [-0.2, 0) is 9.47 Å². The minimum absolute atomic E-state index is 0.0150. The van der Waals surface area contributed by atoms with Gasteiger partial charge in [0, 0.05) is 13.2 Å². The zero-order valence-corrected chi connectivity index (χ0v) is 11.5. The smallest absolute Gasteiger partial charge is 0.157 e. The van der Waals surface area contributed by atoms with E-state index in [0.717, 1.165) is 25.9 Å². The first-order chi connectivity index (χ1) is 8.11. The van der Waals surface area contributed by atoms with E-state index in [2.05, 4.69) is 20.8 Å². The molecule has 0 bridgehead atoms. The molecule has 0 radical (unpaired) electrons. The van der Waals surface area contributed by atoms with Crippen LogP contribution >= 0.6 is 0 Å². The third-order valence-corrected chi connectivity index (χ3v) is 3.37. The fraction of sp³-hybridized carbons (Fsp3) is 1.00. The van der Waals surface area contributed by atoms with Crippen molar-refractivity contribution in [3.05, 3.63) is 0 Å². The largest absolute Gasteiger partial charge is 0.396 e. The van der Waals surface area contributed by atoms with Crippen molar-refractivity contribution < 1.29 is 14.6 Å². The molecule has 1 aliphatic rings. The molecule has 1 N–H and O–H groups in total. The van der Waals surface area contributed by atoms with Crippen LogP contribution < -0.4 is 0 Å². The summed E-state index contributed by atoms with van der Waals surface area (Å²) in [7, 11) is 0. The molecule has 3 nitrogen and oxygen atoms in total.